The van der Waals surface area contributed by atoms with Crippen molar-refractivity contribution in [3.8, 4) is 5.75 Å². The molecule has 8 atom stereocenters. The number of thiol groups is 1. The number of benzene rings is 1. The van der Waals surface area contributed by atoms with Crippen LogP contribution in [0.3, 0.4) is 0 Å². The lowest BCUT2D eigenvalue weighted by atomic mass is 9.96. The van der Waals surface area contributed by atoms with Crippen molar-refractivity contribution in [1.29, 1.82) is 0 Å². The van der Waals surface area contributed by atoms with Crippen LogP contribution in [0.5, 0.6) is 5.75 Å². The minimum absolute atomic E-state index is 0.00724. The number of carboxylic acids is 1. The molecule has 0 aromatic heterocycles. The third kappa shape index (κ3) is 18.3. The first-order valence-electron chi connectivity index (χ1n) is 18.8. The van der Waals surface area contributed by atoms with Gasteiger partial charge in [0, 0.05) is 12.2 Å². The Bertz CT molecular complexity index is 1550. The molecule has 0 aliphatic carbocycles. The number of nitrogens with one attached hydrogen (secondary N) is 7. The average molecular weight is 857 g/mol. The Morgan fingerprint density at radius 3 is 1.81 bits per heavy atom. The van der Waals surface area contributed by atoms with Gasteiger partial charge in [0.25, 0.3) is 0 Å². The number of carbonyl (C=O) groups excluding carboxylic acids is 7. The smallest absolute Gasteiger partial charge is 0.326 e. The van der Waals surface area contributed by atoms with E-state index in [0.717, 1.165) is 0 Å². The molecule has 0 aliphatic rings. The number of amides is 7. The van der Waals surface area contributed by atoms with E-state index in [1.165, 1.54) is 43.0 Å². The first-order chi connectivity index (χ1) is 27.3. The fraction of sp³-hybridized carbons (Fsp3) is 0.622. The monoisotopic (exact) mass is 856 g/mol. The molecule has 21 heteroatoms. The molecule has 0 fully saturated rings. The van der Waals surface area contributed by atoms with Crippen molar-refractivity contribution in [3.05, 3.63) is 29.8 Å². The summed E-state index contributed by atoms with van der Waals surface area (Å²) in [5.74, 6) is -6.98. The molecule has 0 radical (unpaired) electrons. The van der Waals surface area contributed by atoms with Crippen molar-refractivity contribution in [2.75, 3.05) is 30.9 Å². The fourth-order valence-corrected chi connectivity index (χ4v) is 5.99. The largest absolute Gasteiger partial charge is 0.508 e. The van der Waals surface area contributed by atoms with Crippen LogP contribution in [0, 0.1) is 11.8 Å². The summed E-state index contributed by atoms with van der Waals surface area (Å²) in [4.78, 5) is 103. The summed E-state index contributed by atoms with van der Waals surface area (Å²) < 4.78 is 0. The van der Waals surface area contributed by atoms with Crippen LogP contribution < -0.4 is 43.0 Å². The van der Waals surface area contributed by atoms with Gasteiger partial charge in [0.2, 0.25) is 41.4 Å². The Kier molecular flexibility index (Phi) is 23.4. The number of thioether (sulfide) groups is 1. The van der Waals surface area contributed by atoms with E-state index in [-0.39, 0.29) is 36.7 Å². The van der Waals surface area contributed by atoms with Gasteiger partial charge in [-0.2, -0.15) is 24.4 Å². The number of aromatic hydroxyl groups is 1. The summed E-state index contributed by atoms with van der Waals surface area (Å²) in [7, 11) is 0. The Morgan fingerprint density at radius 2 is 1.29 bits per heavy atom. The van der Waals surface area contributed by atoms with Gasteiger partial charge < -0.3 is 58.3 Å². The fourth-order valence-electron chi connectivity index (χ4n) is 5.26. The maximum absolute atomic E-state index is 13.6. The first kappa shape index (κ1) is 51.4. The van der Waals surface area contributed by atoms with Crippen molar-refractivity contribution in [3.63, 3.8) is 0 Å². The third-order valence-corrected chi connectivity index (χ3v) is 9.86. The second-order valence-corrected chi connectivity index (χ2v) is 15.6. The molecule has 0 heterocycles. The quantitative estimate of drug-likeness (QED) is 0.0457. The van der Waals surface area contributed by atoms with Gasteiger partial charge in [-0.1, -0.05) is 46.2 Å². The number of nitrogens with two attached hydrogens (primary N) is 1. The predicted octanol–water partition coefficient (Wildman–Crippen LogP) is -1.84. The Balaban J connectivity index is 3.03. The number of carboxylic acid groups (broad SMARTS) is 1. The van der Waals surface area contributed by atoms with Crippen LogP contribution in [0.1, 0.15) is 59.4 Å². The van der Waals surface area contributed by atoms with Crippen molar-refractivity contribution >= 4 is 71.7 Å². The molecule has 0 aliphatic heterocycles. The third-order valence-electron chi connectivity index (χ3n) is 8.85. The number of aliphatic carboxylic acids is 1. The Labute approximate surface area is 348 Å². The second-order valence-electron chi connectivity index (χ2n) is 14.2. The summed E-state index contributed by atoms with van der Waals surface area (Å²) in [5, 5.41) is 46.6. The van der Waals surface area contributed by atoms with Gasteiger partial charge in [-0.25, -0.2) is 4.79 Å². The van der Waals surface area contributed by atoms with Gasteiger partial charge in [0.15, 0.2) is 0 Å². The lowest BCUT2D eigenvalue weighted by Crippen LogP contribution is -2.59. The van der Waals surface area contributed by atoms with Crippen molar-refractivity contribution in [2.24, 2.45) is 17.6 Å². The molecule has 0 bridgehead atoms. The van der Waals surface area contributed by atoms with Gasteiger partial charge in [-0.05, 0) is 61.3 Å². The van der Waals surface area contributed by atoms with Crippen LogP contribution in [0.4, 0.5) is 0 Å². The summed E-state index contributed by atoms with van der Waals surface area (Å²) >= 11 is 5.42. The molecule has 12 N–H and O–H groups in total. The summed E-state index contributed by atoms with van der Waals surface area (Å²) in [6.45, 7) is 7.07. The molecule has 0 saturated carbocycles. The first-order valence-corrected chi connectivity index (χ1v) is 20.9. The molecule has 1 aromatic rings. The number of aliphatic hydroxyl groups excluding tert-OH is 1. The lowest BCUT2D eigenvalue weighted by molar-refractivity contribution is -0.142. The van der Waals surface area contributed by atoms with E-state index in [4.69, 9.17) is 5.73 Å². The zero-order valence-corrected chi connectivity index (χ0v) is 35.4. The van der Waals surface area contributed by atoms with Crippen LogP contribution in [0.15, 0.2) is 24.3 Å². The second kappa shape index (κ2) is 26.4. The van der Waals surface area contributed by atoms with Crippen LogP contribution in [0.25, 0.3) is 0 Å². The highest BCUT2D eigenvalue weighted by atomic mass is 32.2. The number of hydrogen-bond acceptors (Lipinski definition) is 13. The highest BCUT2D eigenvalue weighted by molar-refractivity contribution is 7.98. The van der Waals surface area contributed by atoms with Crippen molar-refractivity contribution in [2.45, 2.75) is 103 Å². The Morgan fingerprint density at radius 1 is 0.741 bits per heavy atom. The number of phenols is 1. The summed E-state index contributed by atoms with van der Waals surface area (Å²) in [6, 6.07) is -2.66. The molecule has 0 spiro atoms. The molecular weight excluding hydrogens is 797 g/mol. The topological polar surface area (TPSA) is 307 Å². The van der Waals surface area contributed by atoms with E-state index < -0.39 is 109 Å². The van der Waals surface area contributed by atoms with E-state index in [1.807, 2.05) is 13.8 Å². The van der Waals surface area contributed by atoms with E-state index in [9.17, 15) is 53.7 Å². The maximum atomic E-state index is 13.6. The normalized spacial score (nSPS) is 15.2. The number of rotatable bonds is 26. The zero-order valence-electron chi connectivity index (χ0n) is 33.7. The number of aliphatic hydroxyl groups is 1. The van der Waals surface area contributed by atoms with Crippen LogP contribution in [-0.2, 0) is 44.8 Å². The van der Waals surface area contributed by atoms with Crippen LogP contribution in [-0.4, -0.2) is 136 Å². The van der Waals surface area contributed by atoms with Gasteiger partial charge in [0.1, 0.15) is 42.0 Å². The van der Waals surface area contributed by atoms with Gasteiger partial charge in [0.05, 0.1) is 19.2 Å². The van der Waals surface area contributed by atoms with Crippen LogP contribution >= 0.6 is 24.4 Å². The molecule has 7 amide bonds. The predicted molar refractivity (Wildman–Crippen MR) is 221 cm³/mol. The van der Waals surface area contributed by atoms with E-state index in [2.05, 4.69) is 49.8 Å². The van der Waals surface area contributed by atoms with Gasteiger partial charge in [-0.15, -0.1) is 0 Å². The Hall–Kier alpha value is -4.60. The molecule has 0 unspecified atom stereocenters. The molecule has 326 valence electrons. The SMILES string of the molecule is CC[C@H](C)[C@H](NC(=O)[C@H](CC(C)C)NC(=O)CNC(=O)[C@H](CCSC)NC(=O)[C@H](CO)NC(=O)[C@H](CS)NC(=O)[C@H](C)N)C(=O)N[C@@H](Cc1ccc(O)cc1)C(=O)O. The number of hydrogen-bond donors (Lipinski definition) is 12. The maximum Gasteiger partial charge on any atom is 0.326 e. The van der Waals surface area contributed by atoms with E-state index in [1.54, 1.807) is 20.1 Å². The zero-order chi connectivity index (χ0) is 44.1. The minimum atomic E-state index is -1.51. The molecule has 1 aromatic carbocycles. The minimum Gasteiger partial charge on any atom is -0.508 e. The lowest BCUT2D eigenvalue weighted by Gasteiger charge is -2.28. The summed E-state index contributed by atoms with van der Waals surface area (Å²) in [5.41, 5.74) is 6.08. The molecule has 1 rings (SSSR count). The van der Waals surface area contributed by atoms with Gasteiger partial charge >= 0.3 is 5.97 Å². The molecule has 19 nitrogen and oxygen atoms in total. The van der Waals surface area contributed by atoms with Gasteiger partial charge in [-0.3, -0.25) is 33.6 Å². The van der Waals surface area contributed by atoms with Crippen molar-refractivity contribution in [1.82, 2.24) is 37.2 Å². The molecular formula is C37H60N8O11S2. The number of phenolic OH excluding ortho intramolecular Hbond substituents is 1. The van der Waals surface area contributed by atoms with Crippen molar-refractivity contribution < 1.29 is 53.7 Å². The molecule has 58 heavy (non-hydrogen) atoms. The summed E-state index contributed by atoms with van der Waals surface area (Å²) in [6.07, 6.45) is 2.36. The van der Waals surface area contributed by atoms with E-state index >= 15 is 0 Å². The standard InChI is InChI=1S/C37H60N8O11S2/c1-7-20(4)30(36(54)42-26(37(55)56)15-22-8-10-23(47)11-9-22)45-33(51)25(14-19(2)3)40-29(48)16-39-32(50)24(12-13-58-6)41-34(52)27(17-46)43-35(53)28(18-57)44-31(49)21(5)38/h8-11,19-21,24-28,30,46-47,57H,7,12-18,38H2,1-6H3,(H,39,50)(H,40,48)(H,41,52)(H,42,54)(H,43,53)(H,44,49)(H,45,51)(H,55,56)/t20-,21-,24-,25-,26-,27-,28-,30-/m0/s1. The molecule has 0 saturated heterocycles. The van der Waals surface area contributed by atoms with Crippen LogP contribution in [0.2, 0.25) is 0 Å². The van der Waals surface area contributed by atoms with E-state index in [0.29, 0.717) is 17.7 Å². The average Bonchev–Trinajstić information content (AvgIpc) is 3.17. The highest BCUT2D eigenvalue weighted by Gasteiger charge is 2.33. The highest BCUT2D eigenvalue weighted by Crippen LogP contribution is 2.14. The number of carbonyl (C=O) groups is 8.